The predicted molar refractivity (Wildman–Crippen MR) is 163 cm³/mol. The molecule has 1 aromatic heterocycles. The van der Waals surface area contributed by atoms with Crippen molar-refractivity contribution in [2.75, 3.05) is 10.2 Å². The van der Waals surface area contributed by atoms with Gasteiger partial charge in [0.05, 0.1) is 21.6 Å². The summed E-state index contributed by atoms with van der Waals surface area (Å²) in [5.74, 6) is -2.85. The maximum absolute atomic E-state index is 13.9. The fraction of sp³-hybridized carbons (Fsp3) is 0.143. The molecule has 2 aliphatic heterocycles. The summed E-state index contributed by atoms with van der Waals surface area (Å²) in [6.45, 7) is -0.293. The number of benzene rings is 3. The first kappa shape index (κ1) is 28.3. The number of thioether (sulfide) groups is 1. The van der Waals surface area contributed by atoms with Gasteiger partial charge in [-0.3, -0.25) is 33.9 Å². The fourth-order valence-corrected chi connectivity index (χ4v) is 8.30. The summed E-state index contributed by atoms with van der Waals surface area (Å²) in [5, 5.41) is 14.0. The number of thiazole rings is 1. The second kappa shape index (κ2) is 11.1. The lowest BCUT2D eigenvalue weighted by Gasteiger charge is -2.30. The molecule has 4 aromatic rings. The standard InChI is InChI=1S/C28H18BrClN4O6S2/c29-15-3-1-14(2-4-15)21-22-23(26(37)33(25(22)36)18-9-11-19(12-10-18)34(39)40)41-27-24(21)42-28(38)32(27)13-20(35)31-17-7-5-16(30)6-8-17/h1-12,21-23H,13H2,(H,31,35)/t21-,22?,23?/m1/s1. The van der Waals surface area contributed by atoms with Crippen molar-refractivity contribution in [2.24, 2.45) is 5.92 Å². The normalized spacial score (nSPS) is 19.4. The van der Waals surface area contributed by atoms with Crippen LogP contribution in [0.15, 0.2) is 87.1 Å². The van der Waals surface area contributed by atoms with Crippen molar-refractivity contribution in [3.63, 3.8) is 0 Å². The molecule has 212 valence electrons. The van der Waals surface area contributed by atoms with Crippen LogP contribution in [0.3, 0.4) is 0 Å². The van der Waals surface area contributed by atoms with Gasteiger partial charge in [-0.25, -0.2) is 4.90 Å². The molecule has 42 heavy (non-hydrogen) atoms. The lowest BCUT2D eigenvalue weighted by molar-refractivity contribution is -0.384. The van der Waals surface area contributed by atoms with Crippen LogP contribution in [0.1, 0.15) is 16.4 Å². The molecule has 0 spiro atoms. The van der Waals surface area contributed by atoms with E-state index in [1.807, 2.05) is 24.3 Å². The molecule has 0 radical (unpaired) electrons. The molecule has 0 bridgehead atoms. The Morgan fingerprint density at radius 3 is 2.29 bits per heavy atom. The third-order valence-corrected chi connectivity index (χ3v) is 10.4. The first-order valence-electron chi connectivity index (χ1n) is 12.5. The average molecular weight is 686 g/mol. The molecule has 6 rings (SSSR count). The molecule has 3 amide bonds. The van der Waals surface area contributed by atoms with Crippen LogP contribution in [0.5, 0.6) is 0 Å². The SMILES string of the molecule is O=C(Cn1c2c(sc1=O)[C@H](c1ccc(Br)cc1)C1C(=O)N(c3ccc([N+](=O)[O-])cc3)C(=O)C1S2)Nc1ccc(Cl)cc1. The van der Waals surface area contributed by atoms with Crippen molar-refractivity contribution in [3.05, 3.63) is 113 Å². The van der Waals surface area contributed by atoms with Crippen LogP contribution in [0.2, 0.25) is 5.02 Å². The number of rotatable bonds is 6. The third-order valence-electron chi connectivity index (χ3n) is 7.03. The van der Waals surface area contributed by atoms with Gasteiger partial charge in [0, 0.05) is 38.1 Å². The Morgan fingerprint density at radius 2 is 1.64 bits per heavy atom. The van der Waals surface area contributed by atoms with Crippen LogP contribution in [-0.4, -0.2) is 32.5 Å². The van der Waals surface area contributed by atoms with E-state index in [1.54, 1.807) is 24.3 Å². The van der Waals surface area contributed by atoms with Crippen LogP contribution in [-0.2, 0) is 20.9 Å². The van der Waals surface area contributed by atoms with E-state index in [-0.39, 0.29) is 22.8 Å². The maximum atomic E-state index is 13.9. The molecule has 2 unspecified atom stereocenters. The topological polar surface area (TPSA) is 132 Å². The van der Waals surface area contributed by atoms with Gasteiger partial charge in [0.1, 0.15) is 11.8 Å². The molecular formula is C28H18BrClN4O6S2. The zero-order chi connectivity index (χ0) is 29.7. The summed E-state index contributed by atoms with van der Waals surface area (Å²) in [6.07, 6.45) is 0. The Morgan fingerprint density at radius 1 is 0.976 bits per heavy atom. The molecule has 0 saturated carbocycles. The van der Waals surface area contributed by atoms with Crippen LogP contribution in [0.25, 0.3) is 0 Å². The van der Waals surface area contributed by atoms with Gasteiger partial charge >= 0.3 is 4.87 Å². The summed E-state index contributed by atoms with van der Waals surface area (Å²) in [6, 6.07) is 19.1. The van der Waals surface area contributed by atoms with Crippen molar-refractivity contribution >= 4 is 85.4 Å². The number of imide groups is 1. The van der Waals surface area contributed by atoms with E-state index >= 15 is 0 Å². The molecule has 3 heterocycles. The van der Waals surface area contributed by atoms with Crippen LogP contribution < -0.4 is 15.1 Å². The molecule has 3 atom stereocenters. The summed E-state index contributed by atoms with van der Waals surface area (Å²) >= 11 is 11.4. The number of non-ortho nitro benzene ring substituents is 1. The van der Waals surface area contributed by atoms with Gasteiger partial charge in [-0.15, -0.1) is 0 Å². The van der Waals surface area contributed by atoms with Crippen molar-refractivity contribution in [1.82, 2.24) is 4.57 Å². The van der Waals surface area contributed by atoms with E-state index in [9.17, 15) is 29.3 Å². The number of nitrogens with one attached hydrogen (secondary N) is 1. The van der Waals surface area contributed by atoms with Crippen LogP contribution in [0.4, 0.5) is 17.1 Å². The van der Waals surface area contributed by atoms with E-state index in [2.05, 4.69) is 21.2 Å². The number of carbonyl (C=O) groups excluding carboxylic acids is 3. The van der Waals surface area contributed by atoms with E-state index < -0.39 is 39.7 Å². The monoisotopic (exact) mass is 684 g/mol. The lowest BCUT2D eigenvalue weighted by atomic mass is 9.83. The number of halogens is 2. The van der Waals surface area contributed by atoms with E-state index in [4.69, 9.17) is 11.6 Å². The smallest absolute Gasteiger partial charge is 0.308 e. The van der Waals surface area contributed by atoms with Gasteiger partial charge in [-0.1, -0.05) is 62.8 Å². The second-order valence-corrected chi connectivity index (χ2v) is 13.0. The van der Waals surface area contributed by atoms with Gasteiger partial charge in [-0.05, 0) is 54.1 Å². The number of hydrogen-bond donors (Lipinski definition) is 1. The Kier molecular flexibility index (Phi) is 7.51. The van der Waals surface area contributed by atoms with E-state index in [0.29, 0.717) is 20.6 Å². The van der Waals surface area contributed by atoms with Crippen molar-refractivity contribution in [2.45, 2.75) is 22.7 Å². The molecular weight excluding hydrogens is 668 g/mol. The summed E-state index contributed by atoms with van der Waals surface area (Å²) in [7, 11) is 0. The molecule has 1 fully saturated rings. The van der Waals surface area contributed by atoms with Crippen LogP contribution >= 0.6 is 50.6 Å². The number of nitro benzene ring substituents is 1. The molecule has 0 aliphatic carbocycles. The Labute approximate surface area is 259 Å². The lowest BCUT2D eigenvalue weighted by Crippen LogP contribution is -2.33. The summed E-state index contributed by atoms with van der Waals surface area (Å²) < 4.78 is 2.16. The average Bonchev–Trinajstić information content (AvgIpc) is 3.41. The van der Waals surface area contributed by atoms with Gasteiger partial charge < -0.3 is 5.32 Å². The van der Waals surface area contributed by atoms with Crippen LogP contribution in [0, 0.1) is 16.0 Å². The highest BCUT2D eigenvalue weighted by Gasteiger charge is 2.56. The highest BCUT2D eigenvalue weighted by Crippen LogP contribution is 2.54. The first-order chi connectivity index (χ1) is 20.1. The minimum atomic E-state index is -0.881. The Bertz CT molecular complexity index is 1810. The predicted octanol–water partition coefficient (Wildman–Crippen LogP) is 5.67. The Balaban J connectivity index is 1.39. The molecule has 1 N–H and O–H groups in total. The van der Waals surface area contributed by atoms with E-state index in [0.717, 1.165) is 38.0 Å². The summed E-state index contributed by atoms with van der Waals surface area (Å²) in [5.41, 5.74) is 1.31. The minimum Gasteiger partial charge on any atom is -0.325 e. The quantitative estimate of drug-likeness (QED) is 0.157. The number of carbonyl (C=O) groups is 3. The zero-order valence-electron chi connectivity index (χ0n) is 21.2. The second-order valence-electron chi connectivity index (χ2n) is 9.56. The van der Waals surface area contributed by atoms with Crippen molar-refractivity contribution < 1.29 is 19.3 Å². The number of hydrogen-bond acceptors (Lipinski definition) is 8. The van der Waals surface area contributed by atoms with Gasteiger partial charge in [-0.2, -0.15) is 0 Å². The maximum Gasteiger partial charge on any atom is 0.308 e. The van der Waals surface area contributed by atoms with Gasteiger partial charge in [0.25, 0.3) is 5.69 Å². The zero-order valence-corrected chi connectivity index (χ0v) is 25.2. The minimum absolute atomic E-state index is 0.166. The summed E-state index contributed by atoms with van der Waals surface area (Å²) in [4.78, 5) is 65.8. The number of fused-ring (bicyclic) bond motifs is 2. The molecule has 14 heteroatoms. The van der Waals surface area contributed by atoms with Crippen molar-refractivity contribution in [1.29, 1.82) is 0 Å². The number of aromatic nitrogens is 1. The fourth-order valence-electron chi connectivity index (χ4n) is 5.14. The first-order valence-corrected chi connectivity index (χ1v) is 15.3. The van der Waals surface area contributed by atoms with E-state index in [1.165, 1.54) is 28.8 Å². The highest BCUT2D eigenvalue weighted by molar-refractivity contribution is 9.10. The molecule has 3 aromatic carbocycles. The number of nitro groups is 1. The van der Waals surface area contributed by atoms with Gasteiger partial charge in [0.15, 0.2) is 0 Å². The number of amides is 3. The molecule has 1 saturated heterocycles. The van der Waals surface area contributed by atoms with Gasteiger partial charge in [0.2, 0.25) is 17.7 Å². The molecule has 10 nitrogen and oxygen atoms in total. The highest BCUT2D eigenvalue weighted by atomic mass is 79.9. The number of nitrogens with zero attached hydrogens (tertiary/aromatic N) is 3. The molecule has 2 aliphatic rings. The Hall–Kier alpha value is -3.78. The third kappa shape index (κ3) is 5.06. The van der Waals surface area contributed by atoms with Crippen molar-refractivity contribution in [3.8, 4) is 0 Å². The number of anilines is 2. The largest absolute Gasteiger partial charge is 0.325 e.